The van der Waals surface area contributed by atoms with Crippen LogP contribution in [0.2, 0.25) is 10.0 Å². The Balaban J connectivity index is 1.59. The van der Waals surface area contributed by atoms with Gasteiger partial charge >= 0.3 is 0 Å². The summed E-state index contributed by atoms with van der Waals surface area (Å²) in [5, 5.41) is 1.47. The van der Waals surface area contributed by atoms with Gasteiger partial charge in [-0.25, -0.2) is 0 Å². The fourth-order valence-electron chi connectivity index (χ4n) is 3.09. The molecule has 0 unspecified atom stereocenters. The van der Waals surface area contributed by atoms with Gasteiger partial charge in [0.25, 0.3) is 0 Å². The van der Waals surface area contributed by atoms with E-state index < -0.39 is 0 Å². The number of para-hydroxylation sites is 1. The smallest absolute Gasteiger partial charge is 0.235 e. The summed E-state index contributed by atoms with van der Waals surface area (Å²) in [6, 6.07) is 17.9. The van der Waals surface area contributed by atoms with Crippen molar-refractivity contribution in [2.45, 2.75) is 20.0 Å². The number of benzene rings is 3. The molecule has 30 heavy (non-hydrogen) atoms. The van der Waals surface area contributed by atoms with Crippen LogP contribution in [-0.2, 0) is 13.0 Å². The highest BCUT2D eigenvalue weighted by molar-refractivity contribution is 6.35. The zero-order chi connectivity index (χ0) is 21.1. The van der Waals surface area contributed by atoms with Gasteiger partial charge in [0.15, 0.2) is 0 Å². The Morgan fingerprint density at radius 3 is 2.47 bits per heavy atom. The Morgan fingerprint density at radius 1 is 0.933 bits per heavy atom. The van der Waals surface area contributed by atoms with Gasteiger partial charge < -0.3 is 13.9 Å². The summed E-state index contributed by atoms with van der Waals surface area (Å²) < 4.78 is 17.3. The van der Waals surface area contributed by atoms with Crippen LogP contribution in [0.5, 0.6) is 17.2 Å². The van der Waals surface area contributed by atoms with Gasteiger partial charge in [0.2, 0.25) is 11.2 Å². The van der Waals surface area contributed by atoms with E-state index in [1.807, 2.05) is 31.2 Å². The molecule has 0 aliphatic heterocycles. The molecule has 0 N–H and O–H groups in total. The molecule has 1 heterocycles. The minimum absolute atomic E-state index is 0.139. The van der Waals surface area contributed by atoms with Crippen LogP contribution < -0.4 is 14.9 Å². The van der Waals surface area contributed by atoms with E-state index in [4.69, 9.17) is 37.1 Å². The van der Waals surface area contributed by atoms with Crippen molar-refractivity contribution < 1.29 is 13.9 Å². The lowest BCUT2D eigenvalue weighted by Crippen LogP contribution is -2.06. The molecule has 4 rings (SSSR count). The minimum atomic E-state index is -0.247. The van der Waals surface area contributed by atoms with Crippen molar-refractivity contribution in [1.82, 2.24) is 0 Å². The number of hydrogen-bond donors (Lipinski definition) is 0. The van der Waals surface area contributed by atoms with Crippen molar-refractivity contribution >= 4 is 34.2 Å². The van der Waals surface area contributed by atoms with Crippen LogP contribution in [0.4, 0.5) is 0 Å². The fourth-order valence-corrected chi connectivity index (χ4v) is 3.60. The van der Waals surface area contributed by atoms with Crippen LogP contribution in [0.1, 0.15) is 18.1 Å². The lowest BCUT2D eigenvalue weighted by molar-refractivity contribution is 0.306. The van der Waals surface area contributed by atoms with Gasteiger partial charge in [-0.1, -0.05) is 54.4 Å². The van der Waals surface area contributed by atoms with E-state index in [1.165, 1.54) is 6.26 Å². The Labute approximate surface area is 183 Å². The zero-order valence-electron chi connectivity index (χ0n) is 16.2. The summed E-state index contributed by atoms with van der Waals surface area (Å²) >= 11 is 12.4. The maximum atomic E-state index is 12.9. The van der Waals surface area contributed by atoms with Gasteiger partial charge in [-0.2, -0.15) is 0 Å². The standard InChI is InChI=1S/C24H18Cl2O4/c1-2-15-6-3-4-9-21(15)30-23-14-29-22-12-16(10-11-17(22)24(23)27)28-13-18-19(25)7-5-8-20(18)26/h3-12,14H,2,13H2,1H3. The molecule has 0 radical (unpaired) electrons. The van der Waals surface area contributed by atoms with Crippen LogP contribution in [0.3, 0.4) is 0 Å². The van der Waals surface area contributed by atoms with Crippen molar-refractivity contribution in [3.8, 4) is 17.2 Å². The van der Waals surface area contributed by atoms with Crippen molar-refractivity contribution in [2.75, 3.05) is 0 Å². The number of fused-ring (bicyclic) bond motifs is 1. The molecule has 0 atom stereocenters. The Morgan fingerprint density at radius 2 is 1.70 bits per heavy atom. The van der Waals surface area contributed by atoms with Gasteiger partial charge in [0.1, 0.15) is 30.0 Å². The Kier molecular flexibility index (Phi) is 5.98. The van der Waals surface area contributed by atoms with E-state index in [9.17, 15) is 4.79 Å². The highest BCUT2D eigenvalue weighted by atomic mass is 35.5. The topological polar surface area (TPSA) is 48.7 Å². The number of rotatable bonds is 6. The van der Waals surface area contributed by atoms with Gasteiger partial charge in [-0.15, -0.1) is 0 Å². The van der Waals surface area contributed by atoms with E-state index in [0.717, 1.165) is 12.0 Å². The SMILES string of the molecule is CCc1ccccc1Oc1coc2cc(OCc3c(Cl)cccc3Cl)ccc2c1=O. The monoisotopic (exact) mass is 440 g/mol. The molecule has 0 spiro atoms. The summed E-state index contributed by atoms with van der Waals surface area (Å²) in [5.41, 5.74) is 1.86. The number of halogens is 2. The number of hydrogen-bond acceptors (Lipinski definition) is 4. The molecular formula is C24H18Cl2O4. The first kappa shape index (κ1) is 20.3. The van der Waals surface area contributed by atoms with E-state index in [-0.39, 0.29) is 17.8 Å². The maximum Gasteiger partial charge on any atom is 0.235 e. The van der Waals surface area contributed by atoms with Crippen LogP contribution in [0.25, 0.3) is 11.0 Å². The number of aryl methyl sites for hydroxylation is 1. The molecule has 0 aliphatic rings. The van der Waals surface area contributed by atoms with Crippen molar-refractivity contribution in [1.29, 1.82) is 0 Å². The third-order valence-electron chi connectivity index (χ3n) is 4.73. The molecule has 0 amide bonds. The largest absolute Gasteiger partial charge is 0.489 e. The van der Waals surface area contributed by atoms with E-state index in [1.54, 1.807) is 36.4 Å². The lowest BCUT2D eigenvalue weighted by atomic mass is 10.1. The molecule has 0 aliphatic carbocycles. The fraction of sp³-hybridized carbons (Fsp3) is 0.125. The first-order valence-corrected chi connectivity index (χ1v) is 10.2. The van der Waals surface area contributed by atoms with Crippen LogP contribution in [0, 0.1) is 0 Å². The molecule has 152 valence electrons. The predicted octanol–water partition coefficient (Wildman–Crippen LogP) is 7.03. The molecule has 0 fully saturated rings. The highest BCUT2D eigenvalue weighted by Crippen LogP contribution is 2.28. The second-order valence-electron chi connectivity index (χ2n) is 6.64. The second-order valence-corrected chi connectivity index (χ2v) is 7.45. The maximum absolute atomic E-state index is 12.9. The molecule has 0 saturated carbocycles. The first-order chi connectivity index (χ1) is 14.6. The van der Waals surface area contributed by atoms with Gasteiger partial charge in [0, 0.05) is 21.7 Å². The van der Waals surface area contributed by atoms with Crippen molar-refractivity contribution in [2.24, 2.45) is 0 Å². The normalized spacial score (nSPS) is 10.9. The summed E-state index contributed by atoms with van der Waals surface area (Å²) in [6.07, 6.45) is 2.12. The third-order valence-corrected chi connectivity index (χ3v) is 5.44. The summed E-state index contributed by atoms with van der Waals surface area (Å²) in [6.45, 7) is 2.23. The average molecular weight is 441 g/mol. The van der Waals surface area contributed by atoms with Crippen molar-refractivity contribution in [3.05, 3.63) is 98.3 Å². The molecule has 6 heteroatoms. The van der Waals surface area contributed by atoms with Crippen LogP contribution in [-0.4, -0.2) is 0 Å². The van der Waals surface area contributed by atoms with E-state index >= 15 is 0 Å². The average Bonchev–Trinajstić information content (AvgIpc) is 2.75. The van der Waals surface area contributed by atoms with E-state index in [0.29, 0.717) is 38.1 Å². The van der Waals surface area contributed by atoms with Crippen LogP contribution in [0.15, 0.2) is 76.1 Å². The molecule has 4 aromatic rings. The zero-order valence-corrected chi connectivity index (χ0v) is 17.7. The molecule has 1 aromatic heterocycles. The second kappa shape index (κ2) is 8.82. The Bertz CT molecular complexity index is 1240. The first-order valence-electron chi connectivity index (χ1n) is 9.44. The quantitative estimate of drug-likeness (QED) is 0.322. The minimum Gasteiger partial charge on any atom is -0.489 e. The van der Waals surface area contributed by atoms with E-state index in [2.05, 4.69) is 0 Å². The summed E-state index contributed by atoms with van der Waals surface area (Å²) in [5.74, 6) is 1.31. The van der Waals surface area contributed by atoms with Crippen molar-refractivity contribution in [3.63, 3.8) is 0 Å². The third kappa shape index (κ3) is 4.16. The van der Waals surface area contributed by atoms with Gasteiger partial charge in [-0.05, 0) is 42.3 Å². The lowest BCUT2D eigenvalue weighted by Gasteiger charge is -2.11. The molecule has 0 bridgehead atoms. The molecular weight excluding hydrogens is 423 g/mol. The number of ether oxygens (including phenoxy) is 2. The van der Waals surface area contributed by atoms with Crippen LogP contribution >= 0.6 is 23.2 Å². The Hall–Kier alpha value is -2.95. The van der Waals surface area contributed by atoms with Gasteiger partial charge in [-0.3, -0.25) is 4.79 Å². The summed E-state index contributed by atoms with van der Waals surface area (Å²) in [7, 11) is 0. The molecule has 4 nitrogen and oxygen atoms in total. The highest BCUT2D eigenvalue weighted by Gasteiger charge is 2.12. The molecule has 0 saturated heterocycles. The van der Waals surface area contributed by atoms with Gasteiger partial charge in [0.05, 0.1) is 5.39 Å². The summed E-state index contributed by atoms with van der Waals surface area (Å²) in [4.78, 5) is 12.9. The predicted molar refractivity (Wildman–Crippen MR) is 119 cm³/mol. The molecule has 3 aromatic carbocycles.